The van der Waals surface area contributed by atoms with E-state index in [-0.39, 0.29) is 18.0 Å². The molecule has 0 aliphatic rings. The minimum atomic E-state index is -0.490. The molecule has 1 N–H and O–H groups in total. The molecule has 3 aromatic rings. The van der Waals surface area contributed by atoms with Crippen molar-refractivity contribution in [2.24, 2.45) is 0 Å². The predicted molar refractivity (Wildman–Crippen MR) is 101 cm³/mol. The number of hydrogen-bond donors (Lipinski definition) is 1. The highest BCUT2D eigenvalue weighted by Gasteiger charge is 2.11. The Hall–Kier alpha value is -1.99. The van der Waals surface area contributed by atoms with Crippen LogP contribution in [-0.2, 0) is 11.2 Å². The van der Waals surface area contributed by atoms with Gasteiger partial charge in [0.1, 0.15) is 5.82 Å². The van der Waals surface area contributed by atoms with Gasteiger partial charge in [-0.25, -0.2) is 9.37 Å². The third kappa shape index (κ3) is 4.76. The fourth-order valence-electron chi connectivity index (χ4n) is 2.23. The van der Waals surface area contributed by atoms with Crippen molar-refractivity contribution in [2.75, 3.05) is 5.32 Å². The van der Waals surface area contributed by atoms with Gasteiger partial charge in [0.05, 0.1) is 11.9 Å². The molecule has 0 bridgehead atoms. The normalized spacial score (nSPS) is 10.7. The zero-order valence-corrected chi connectivity index (χ0v) is 16.1. The number of hydrogen-bond acceptors (Lipinski definition) is 3. The average Bonchev–Trinajstić information content (AvgIpc) is 3.05. The Morgan fingerprint density at radius 3 is 2.72 bits per heavy atom. The van der Waals surface area contributed by atoms with E-state index in [1.54, 1.807) is 12.3 Å². The second-order valence-corrected chi connectivity index (χ2v) is 7.13. The first kappa shape index (κ1) is 17.8. The summed E-state index contributed by atoms with van der Waals surface area (Å²) in [6.07, 6.45) is 2.11. The van der Waals surface area contributed by atoms with E-state index < -0.39 is 5.82 Å². The van der Waals surface area contributed by atoms with Gasteiger partial charge in [-0.15, -0.1) is 0 Å². The summed E-state index contributed by atoms with van der Waals surface area (Å²) in [6.45, 7) is 0. The summed E-state index contributed by atoms with van der Waals surface area (Å²) in [6, 6.07) is 12.1. The molecule has 0 radical (unpaired) electrons. The van der Waals surface area contributed by atoms with E-state index in [2.05, 4.69) is 42.2 Å². The Bertz CT molecular complexity index is 912. The number of halogens is 3. The quantitative estimate of drug-likeness (QED) is 0.533. The van der Waals surface area contributed by atoms with Crippen LogP contribution in [0.3, 0.4) is 0 Å². The summed E-state index contributed by atoms with van der Waals surface area (Å²) in [7, 11) is 0. The number of carbonyl (C=O) groups is 1. The van der Waals surface area contributed by atoms with Gasteiger partial charge in [0.2, 0.25) is 5.91 Å². The molecule has 2 aromatic carbocycles. The third-order valence-corrected chi connectivity index (χ3v) is 4.42. The van der Waals surface area contributed by atoms with Crippen molar-refractivity contribution in [3.05, 3.63) is 69.3 Å². The zero-order chi connectivity index (χ0) is 17.8. The number of aromatic nitrogens is 1. The maximum Gasteiger partial charge on any atom is 0.224 e. The molecule has 3 rings (SSSR count). The van der Waals surface area contributed by atoms with Crippen molar-refractivity contribution in [3.8, 4) is 11.3 Å². The molecule has 1 heterocycles. The second kappa shape index (κ2) is 7.93. The SMILES string of the molecule is O=C(CCc1ncc(-c2cccc(Br)c2)o1)Nc1ccc(Br)cc1F. The van der Waals surface area contributed by atoms with E-state index in [1.165, 1.54) is 12.1 Å². The summed E-state index contributed by atoms with van der Waals surface area (Å²) in [5.41, 5.74) is 1.05. The Labute approximate surface area is 160 Å². The van der Waals surface area contributed by atoms with Crippen LogP contribution in [0.5, 0.6) is 0 Å². The summed E-state index contributed by atoms with van der Waals surface area (Å²) in [5.74, 6) is 0.302. The van der Waals surface area contributed by atoms with Gasteiger partial charge in [-0.2, -0.15) is 0 Å². The van der Waals surface area contributed by atoms with Crippen LogP contribution in [0.25, 0.3) is 11.3 Å². The zero-order valence-electron chi connectivity index (χ0n) is 12.9. The molecule has 0 aliphatic carbocycles. The Morgan fingerprint density at radius 2 is 1.96 bits per heavy atom. The van der Waals surface area contributed by atoms with Gasteiger partial charge in [0.25, 0.3) is 0 Å². The molecule has 128 valence electrons. The molecule has 1 amide bonds. The lowest BCUT2D eigenvalue weighted by Gasteiger charge is -2.05. The maximum absolute atomic E-state index is 13.7. The molecule has 25 heavy (non-hydrogen) atoms. The molecule has 7 heteroatoms. The van der Waals surface area contributed by atoms with Gasteiger partial charge in [0, 0.05) is 27.4 Å². The molecule has 0 atom stereocenters. The summed E-state index contributed by atoms with van der Waals surface area (Å²) >= 11 is 6.58. The predicted octanol–water partition coefficient (Wildman–Crippen LogP) is 5.58. The molecule has 0 saturated carbocycles. The number of nitrogens with zero attached hydrogens (tertiary/aromatic N) is 1. The number of amides is 1. The van der Waals surface area contributed by atoms with E-state index >= 15 is 0 Å². The molecular weight excluding hydrogens is 455 g/mol. The number of benzene rings is 2. The van der Waals surface area contributed by atoms with Crippen LogP contribution >= 0.6 is 31.9 Å². The van der Waals surface area contributed by atoms with Crippen molar-refractivity contribution < 1.29 is 13.6 Å². The van der Waals surface area contributed by atoms with E-state index in [0.717, 1.165) is 10.0 Å². The van der Waals surface area contributed by atoms with Crippen LogP contribution in [0.4, 0.5) is 10.1 Å². The van der Waals surface area contributed by atoms with Crippen molar-refractivity contribution in [1.29, 1.82) is 0 Å². The molecule has 0 fully saturated rings. The summed E-state index contributed by atoms with van der Waals surface area (Å²) < 4.78 is 20.9. The summed E-state index contributed by atoms with van der Waals surface area (Å²) in [4.78, 5) is 16.2. The molecule has 0 aliphatic heterocycles. The monoisotopic (exact) mass is 466 g/mol. The lowest BCUT2D eigenvalue weighted by Crippen LogP contribution is -2.13. The fraction of sp³-hybridized carbons (Fsp3) is 0.111. The van der Waals surface area contributed by atoms with Crippen LogP contribution in [0, 0.1) is 5.82 Å². The highest BCUT2D eigenvalue weighted by Crippen LogP contribution is 2.24. The largest absolute Gasteiger partial charge is 0.441 e. The highest BCUT2D eigenvalue weighted by atomic mass is 79.9. The third-order valence-electron chi connectivity index (χ3n) is 3.43. The van der Waals surface area contributed by atoms with Crippen LogP contribution in [-0.4, -0.2) is 10.9 Å². The van der Waals surface area contributed by atoms with Gasteiger partial charge >= 0.3 is 0 Å². The van der Waals surface area contributed by atoms with Gasteiger partial charge in [0.15, 0.2) is 11.7 Å². The van der Waals surface area contributed by atoms with E-state index in [4.69, 9.17) is 4.42 Å². The standard InChI is InChI=1S/C18H13Br2FN2O2/c19-12-3-1-2-11(8-12)16-10-22-18(25-16)7-6-17(24)23-15-5-4-13(20)9-14(15)21/h1-5,8-10H,6-7H2,(H,23,24). The molecule has 0 spiro atoms. The number of nitrogens with one attached hydrogen (secondary N) is 1. The number of rotatable bonds is 5. The number of aryl methyl sites for hydroxylation is 1. The highest BCUT2D eigenvalue weighted by molar-refractivity contribution is 9.10. The average molecular weight is 468 g/mol. The van der Waals surface area contributed by atoms with Crippen LogP contribution in [0.15, 0.2) is 62.0 Å². The molecule has 4 nitrogen and oxygen atoms in total. The van der Waals surface area contributed by atoms with E-state index in [9.17, 15) is 9.18 Å². The maximum atomic E-state index is 13.7. The smallest absolute Gasteiger partial charge is 0.224 e. The summed E-state index contributed by atoms with van der Waals surface area (Å²) in [5, 5.41) is 2.54. The lowest BCUT2D eigenvalue weighted by molar-refractivity contribution is -0.116. The van der Waals surface area contributed by atoms with Gasteiger partial charge in [-0.3, -0.25) is 4.79 Å². The van der Waals surface area contributed by atoms with E-state index in [1.807, 2.05) is 24.3 Å². The Balaban J connectivity index is 1.59. The van der Waals surface area contributed by atoms with E-state index in [0.29, 0.717) is 22.5 Å². The van der Waals surface area contributed by atoms with Gasteiger partial charge in [-0.05, 0) is 30.3 Å². The van der Waals surface area contributed by atoms with Crippen molar-refractivity contribution in [3.63, 3.8) is 0 Å². The lowest BCUT2D eigenvalue weighted by atomic mass is 10.2. The Kier molecular flexibility index (Phi) is 5.65. The first-order chi connectivity index (χ1) is 12.0. The van der Waals surface area contributed by atoms with Crippen molar-refractivity contribution in [2.45, 2.75) is 12.8 Å². The Morgan fingerprint density at radius 1 is 1.16 bits per heavy atom. The van der Waals surface area contributed by atoms with Gasteiger partial charge in [-0.1, -0.05) is 44.0 Å². The van der Waals surface area contributed by atoms with Crippen LogP contribution in [0.1, 0.15) is 12.3 Å². The minimum absolute atomic E-state index is 0.147. The second-order valence-electron chi connectivity index (χ2n) is 5.30. The molecule has 0 saturated heterocycles. The molecule has 0 unspecified atom stereocenters. The van der Waals surface area contributed by atoms with Crippen molar-refractivity contribution in [1.82, 2.24) is 4.98 Å². The minimum Gasteiger partial charge on any atom is -0.441 e. The topological polar surface area (TPSA) is 55.1 Å². The molecular formula is C18H13Br2FN2O2. The van der Waals surface area contributed by atoms with Crippen LogP contribution in [0.2, 0.25) is 0 Å². The molecule has 1 aromatic heterocycles. The fourth-order valence-corrected chi connectivity index (χ4v) is 2.96. The van der Waals surface area contributed by atoms with Gasteiger partial charge < -0.3 is 9.73 Å². The number of anilines is 1. The van der Waals surface area contributed by atoms with Crippen LogP contribution < -0.4 is 5.32 Å². The van der Waals surface area contributed by atoms with Crippen molar-refractivity contribution >= 4 is 43.5 Å². The number of oxazole rings is 1. The number of carbonyl (C=O) groups excluding carboxylic acids is 1. The first-order valence-corrected chi connectivity index (χ1v) is 9.05. The first-order valence-electron chi connectivity index (χ1n) is 7.47.